The van der Waals surface area contributed by atoms with Gasteiger partial charge in [0.1, 0.15) is 0 Å². The van der Waals surface area contributed by atoms with Crippen LogP contribution in [0.15, 0.2) is 35.5 Å². The minimum Gasteiger partial charge on any atom is -0.361 e. The largest absolute Gasteiger partial charge is 0.361 e. The Kier molecular flexibility index (Phi) is 6.39. The maximum atomic E-state index is 4.55. The lowest BCUT2D eigenvalue weighted by molar-refractivity contribution is 0.436. The van der Waals surface area contributed by atoms with Crippen LogP contribution in [-0.2, 0) is 13.0 Å². The van der Waals surface area contributed by atoms with Crippen molar-refractivity contribution in [2.45, 2.75) is 40.7 Å². The zero-order chi connectivity index (χ0) is 20.1. The first-order chi connectivity index (χ1) is 13.5. The summed E-state index contributed by atoms with van der Waals surface area (Å²) in [4.78, 5) is 7.71. The molecule has 0 aliphatic heterocycles. The van der Waals surface area contributed by atoms with Crippen molar-refractivity contribution in [3.63, 3.8) is 0 Å². The van der Waals surface area contributed by atoms with E-state index in [1.807, 2.05) is 14.0 Å². The summed E-state index contributed by atoms with van der Waals surface area (Å²) in [5.74, 6) is 1.30. The number of aromatic amines is 1. The van der Waals surface area contributed by atoms with Crippen LogP contribution in [0.25, 0.3) is 10.9 Å². The molecule has 0 fully saturated rings. The van der Waals surface area contributed by atoms with Crippen LogP contribution in [0, 0.1) is 26.7 Å². The molecule has 3 aromatic rings. The average molecular weight is 381 g/mol. The van der Waals surface area contributed by atoms with Crippen LogP contribution in [0.1, 0.15) is 29.4 Å². The third-order valence-corrected chi connectivity index (χ3v) is 5.04. The minimum atomic E-state index is 0.452. The number of nitrogens with zero attached hydrogens (tertiary/aromatic N) is 3. The van der Waals surface area contributed by atoms with Gasteiger partial charge in [-0.25, -0.2) is 0 Å². The summed E-state index contributed by atoms with van der Waals surface area (Å²) in [5, 5.41) is 12.7. The quantitative estimate of drug-likeness (QED) is 0.435. The molecular weight excluding hydrogens is 348 g/mol. The maximum Gasteiger partial charge on any atom is 0.190 e. The zero-order valence-corrected chi connectivity index (χ0v) is 17.6. The van der Waals surface area contributed by atoms with Crippen LogP contribution in [0.3, 0.4) is 0 Å². The third kappa shape index (κ3) is 4.94. The third-order valence-electron chi connectivity index (χ3n) is 5.04. The van der Waals surface area contributed by atoms with Gasteiger partial charge in [0, 0.05) is 49.5 Å². The number of guanidine groups is 1. The molecule has 0 spiro atoms. The van der Waals surface area contributed by atoms with Crippen LogP contribution < -0.4 is 10.6 Å². The van der Waals surface area contributed by atoms with E-state index in [1.165, 1.54) is 27.7 Å². The van der Waals surface area contributed by atoms with E-state index < -0.39 is 0 Å². The van der Waals surface area contributed by atoms with Gasteiger partial charge in [-0.05, 0) is 56.4 Å². The molecule has 6 heteroatoms. The smallest absolute Gasteiger partial charge is 0.190 e. The Morgan fingerprint density at radius 2 is 2.04 bits per heavy atom. The van der Waals surface area contributed by atoms with Crippen molar-refractivity contribution in [3.05, 3.63) is 53.0 Å². The van der Waals surface area contributed by atoms with Gasteiger partial charge >= 0.3 is 0 Å². The van der Waals surface area contributed by atoms with E-state index >= 15 is 0 Å². The lowest BCUT2D eigenvalue weighted by Gasteiger charge is -2.17. The molecule has 6 nitrogen and oxygen atoms in total. The zero-order valence-electron chi connectivity index (χ0n) is 17.6. The topological polar surface area (TPSA) is 70.0 Å². The van der Waals surface area contributed by atoms with Crippen molar-refractivity contribution in [2.24, 2.45) is 10.9 Å². The Morgan fingerprint density at radius 3 is 2.75 bits per heavy atom. The number of hydrogen-bond acceptors (Lipinski definition) is 2. The van der Waals surface area contributed by atoms with Gasteiger partial charge in [-0.1, -0.05) is 19.1 Å². The Balaban J connectivity index is 1.46. The second-order valence-electron chi connectivity index (χ2n) is 7.71. The van der Waals surface area contributed by atoms with Crippen molar-refractivity contribution in [2.75, 3.05) is 20.1 Å². The summed E-state index contributed by atoms with van der Waals surface area (Å²) in [6.45, 7) is 11.1. The second kappa shape index (κ2) is 8.95. The average Bonchev–Trinajstić information content (AvgIpc) is 3.19. The summed E-state index contributed by atoms with van der Waals surface area (Å²) in [6.07, 6.45) is 3.06. The number of H-pyrrole nitrogens is 1. The number of hydrogen-bond donors (Lipinski definition) is 3. The first-order valence-corrected chi connectivity index (χ1v) is 9.98. The number of nitrogens with one attached hydrogen (secondary N) is 3. The molecule has 0 saturated carbocycles. The van der Waals surface area contributed by atoms with E-state index in [2.05, 4.69) is 81.6 Å². The van der Waals surface area contributed by atoms with Crippen molar-refractivity contribution < 1.29 is 0 Å². The standard InChI is InChI=1S/C22H32N6/c1-15-6-7-20-19(13-25-21(20)10-15)8-9-24-22(23-5)26-12-16(2)14-28-18(4)11-17(3)27-28/h6-7,10-11,13,16,25H,8-9,12,14H2,1-5H3,(H2,23,24,26). The summed E-state index contributed by atoms with van der Waals surface area (Å²) in [5.41, 5.74) is 6.09. The van der Waals surface area contributed by atoms with Crippen molar-refractivity contribution in [1.29, 1.82) is 0 Å². The maximum absolute atomic E-state index is 4.55. The number of benzene rings is 1. The molecule has 0 aliphatic carbocycles. The Hall–Kier alpha value is -2.76. The molecule has 2 aromatic heterocycles. The van der Waals surface area contributed by atoms with Gasteiger partial charge in [0.25, 0.3) is 0 Å². The van der Waals surface area contributed by atoms with Crippen LogP contribution in [-0.4, -0.2) is 40.9 Å². The molecule has 0 amide bonds. The summed E-state index contributed by atoms with van der Waals surface area (Å²) < 4.78 is 2.08. The second-order valence-corrected chi connectivity index (χ2v) is 7.71. The van der Waals surface area contributed by atoms with Gasteiger partial charge < -0.3 is 15.6 Å². The van der Waals surface area contributed by atoms with Crippen molar-refractivity contribution >= 4 is 16.9 Å². The number of fused-ring (bicyclic) bond motifs is 1. The SMILES string of the molecule is CN=C(NCCc1c[nH]c2cc(C)ccc12)NCC(C)Cn1nc(C)cc1C. The molecular formula is C22H32N6. The predicted octanol–water partition coefficient (Wildman–Crippen LogP) is 3.33. The monoisotopic (exact) mass is 380 g/mol. The fourth-order valence-corrected chi connectivity index (χ4v) is 3.53. The fraction of sp³-hybridized carbons (Fsp3) is 0.455. The van der Waals surface area contributed by atoms with Gasteiger partial charge in [-0.3, -0.25) is 9.67 Å². The molecule has 0 bridgehead atoms. The van der Waals surface area contributed by atoms with Crippen LogP contribution in [0.4, 0.5) is 0 Å². The molecule has 0 aliphatic rings. The molecule has 1 atom stereocenters. The fourth-order valence-electron chi connectivity index (χ4n) is 3.53. The van der Waals surface area contributed by atoms with Gasteiger partial charge in [0.2, 0.25) is 0 Å². The van der Waals surface area contributed by atoms with E-state index in [1.54, 1.807) is 0 Å². The van der Waals surface area contributed by atoms with Gasteiger partial charge in [-0.2, -0.15) is 5.10 Å². The Morgan fingerprint density at radius 1 is 1.21 bits per heavy atom. The highest BCUT2D eigenvalue weighted by molar-refractivity contribution is 5.84. The number of aliphatic imine (C=N–C) groups is 1. The molecule has 3 N–H and O–H groups in total. The number of aromatic nitrogens is 3. The van der Waals surface area contributed by atoms with E-state index in [0.29, 0.717) is 5.92 Å². The van der Waals surface area contributed by atoms with Crippen LogP contribution in [0.5, 0.6) is 0 Å². The van der Waals surface area contributed by atoms with Gasteiger partial charge in [0.15, 0.2) is 5.96 Å². The highest BCUT2D eigenvalue weighted by atomic mass is 15.3. The normalized spacial score (nSPS) is 13.1. The van der Waals surface area contributed by atoms with Gasteiger partial charge in [-0.15, -0.1) is 0 Å². The summed E-state index contributed by atoms with van der Waals surface area (Å²) in [7, 11) is 1.81. The first-order valence-electron chi connectivity index (χ1n) is 9.98. The number of aryl methyl sites for hydroxylation is 3. The van der Waals surface area contributed by atoms with Crippen molar-refractivity contribution in [1.82, 2.24) is 25.4 Å². The highest BCUT2D eigenvalue weighted by Gasteiger charge is 2.09. The molecule has 28 heavy (non-hydrogen) atoms. The molecule has 1 unspecified atom stereocenters. The summed E-state index contributed by atoms with van der Waals surface area (Å²) in [6, 6.07) is 8.67. The molecule has 2 heterocycles. The van der Waals surface area contributed by atoms with Gasteiger partial charge in [0.05, 0.1) is 5.69 Å². The van der Waals surface area contributed by atoms with E-state index in [9.17, 15) is 0 Å². The van der Waals surface area contributed by atoms with E-state index in [0.717, 1.165) is 37.7 Å². The molecule has 3 rings (SSSR count). The minimum absolute atomic E-state index is 0.452. The highest BCUT2D eigenvalue weighted by Crippen LogP contribution is 2.19. The molecule has 150 valence electrons. The van der Waals surface area contributed by atoms with Crippen molar-refractivity contribution in [3.8, 4) is 0 Å². The first kappa shape index (κ1) is 20.0. The lowest BCUT2D eigenvalue weighted by Crippen LogP contribution is -2.40. The molecule has 0 saturated heterocycles. The predicted molar refractivity (Wildman–Crippen MR) is 117 cm³/mol. The lowest BCUT2D eigenvalue weighted by atomic mass is 10.1. The molecule has 0 radical (unpaired) electrons. The number of rotatable bonds is 7. The molecule has 1 aromatic carbocycles. The van der Waals surface area contributed by atoms with E-state index in [-0.39, 0.29) is 0 Å². The Bertz CT molecular complexity index is 949. The van der Waals surface area contributed by atoms with Crippen LogP contribution >= 0.6 is 0 Å². The van der Waals surface area contributed by atoms with E-state index in [4.69, 9.17) is 0 Å². The summed E-state index contributed by atoms with van der Waals surface area (Å²) >= 11 is 0. The van der Waals surface area contributed by atoms with Crippen LogP contribution in [0.2, 0.25) is 0 Å². The Labute approximate surface area is 167 Å².